The molecule has 0 bridgehead atoms. The van der Waals surface area contributed by atoms with Crippen LogP contribution in [0.1, 0.15) is 27.2 Å². The van der Waals surface area contributed by atoms with Gasteiger partial charge in [0.25, 0.3) is 0 Å². The van der Waals surface area contributed by atoms with E-state index in [0.717, 1.165) is 0 Å². The van der Waals surface area contributed by atoms with Crippen LogP contribution in [0.2, 0.25) is 0 Å². The van der Waals surface area contributed by atoms with Crippen molar-refractivity contribution in [1.82, 2.24) is 4.90 Å². The molecule has 2 amide bonds. The van der Waals surface area contributed by atoms with E-state index in [1.807, 2.05) is 20.8 Å². The number of aliphatic imine (C=N–C) groups is 1. The molecule has 86 valence electrons. The van der Waals surface area contributed by atoms with Gasteiger partial charge in [-0.15, -0.1) is 0 Å². The molecule has 0 radical (unpaired) electrons. The summed E-state index contributed by atoms with van der Waals surface area (Å²) in [5.41, 5.74) is 5.43. The first-order valence-electron chi connectivity index (χ1n) is 5.11. The Morgan fingerprint density at radius 2 is 2.20 bits per heavy atom. The smallest absolute Gasteiger partial charge is 0.345 e. The van der Waals surface area contributed by atoms with E-state index >= 15 is 0 Å². The molecule has 0 saturated heterocycles. The van der Waals surface area contributed by atoms with Crippen LogP contribution in [-0.4, -0.2) is 42.1 Å². The summed E-state index contributed by atoms with van der Waals surface area (Å²) in [5, 5.41) is 0. The Bertz CT molecular complexity index is 286. The van der Waals surface area contributed by atoms with Gasteiger partial charge >= 0.3 is 6.03 Å². The van der Waals surface area contributed by atoms with Crippen LogP contribution >= 0.6 is 0 Å². The number of carbonyl (C=O) groups is 1. The third kappa shape index (κ3) is 2.47. The second-order valence-corrected chi connectivity index (χ2v) is 4.29. The average Bonchev–Trinajstić information content (AvgIpc) is 2.41. The van der Waals surface area contributed by atoms with Gasteiger partial charge in [0, 0.05) is 20.1 Å². The molecular formula is C10H19N3O2. The predicted octanol–water partition coefficient (Wildman–Crippen LogP) is 0.983. The standard InChI is InChI=1S/C10H19N3O2/c1-5-13-7(6-10(2,3)15-4)8(11)12-9(13)14/h7H,5-6H2,1-4H3,(H2,11,12,14). The van der Waals surface area contributed by atoms with Gasteiger partial charge in [-0.05, 0) is 20.8 Å². The number of nitrogens with two attached hydrogens (primary N) is 1. The number of carbonyl (C=O) groups excluding carboxylic acids is 1. The summed E-state index contributed by atoms with van der Waals surface area (Å²) in [5.74, 6) is 0.395. The fourth-order valence-electron chi connectivity index (χ4n) is 1.66. The van der Waals surface area contributed by atoms with Gasteiger partial charge in [0.1, 0.15) is 5.84 Å². The average molecular weight is 213 g/mol. The van der Waals surface area contributed by atoms with Crippen molar-refractivity contribution in [3.8, 4) is 0 Å². The first-order chi connectivity index (χ1) is 6.91. The van der Waals surface area contributed by atoms with Gasteiger partial charge in [-0.3, -0.25) is 0 Å². The summed E-state index contributed by atoms with van der Waals surface area (Å²) in [4.78, 5) is 16.8. The Balaban J connectivity index is 2.77. The van der Waals surface area contributed by atoms with E-state index in [9.17, 15) is 4.79 Å². The van der Waals surface area contributed by atoms with Crippen LogP contribution in [0.3, 0.4) is 0 Å². The highest BCUT2D eigenvalue weighted by atomic mass is 16.5. The van der Waals surface area contributed by atoms with Crippen molar-refractivity contribution in [3.63, 3.8) is 0 Å². The SMILES string of the molecule is CCN1C(=O)N=C(N)C1CC(C)(C)OC. The Hall–Kier alpha value is -1.10. The molecule has 1 heterocycles. The zero-order valence-electron chi connectivity index (χ0n) is 9.78. The number of methoxy groups -OCH3 is 1. The monoisotopic (exact) mass is 213 g/mol. The lowest BCUT2D eigenvalue weighted by Crippen LogP contribution is -2.45. The lowest BCUT2D eigenvalue weighted by atomic mass is 9.97. The molecule has 1 aliphatic rings. The number of hydrogen-bond acceptors (Lipinski definition) is 3. The minimum absolute atomic E-state index is 0.127. The molecule has 1 aliphatic heterocycles. The van der Waals surface area contributed by atoms with E-state index in [2.05, 4.69) is 4.99 Å². The molecule has 1 rings (SSSR count). The Labute approximate surface area is 90.3 Å². The van der Waals surface area contributed by atoms with Crippen molar-refractivity contribution >= 4 is 11.9 Å². The van der Waals surface area contributed by atoms with Crippen molar-refractivity contribution in [2.75, 3.05) is 13.7 Å². The van der Waals surface area contributed by atoms with Gasteiger partial charge in [-0.2, -0.15) is 4.99 Å². The minimum atomic E-state index is -0.303. The van der Waals surface area contributed by atoms with E-state index in [0.29, 0.717) is 18.8 Å². The van der Waals surface area contributed by atoms with Gasteiger partial charge in [0.05, 0.1) is 11.6 Å². The van der Waals surface area contributed by atoms with Gasteiger partial charge in [-0.1, -0.05) is 0 Å². The van der Waals surface area contributed by atoms with Crippen LogP contribution in [-0.2, 0) is 4.74 Å². The second-order valence-electron chi connectivity index (χ2n) is 4.29. The van der Waals surface area contributed by atoms with E-state index in [4.69, 9.17) is 10.5 Å². The number of amides is 2. The van der Waals surface area contributed by atoms with E-state index in [1.165, 1.54) is 0 Å². The summed E-state index contributed by atoms with van der Waals surface area (Å²) in [7, 11) is 1.65. The third-order valence-corrected chi connectivity index (χ3v) is 2.77. The van der Waals surface area contributed by atoms with Gasteiger partial charge in [0.2, 0.25) is 0 Å². The number of hydrogen-bond donors (Lipinski definition) is 1. The van der Waals surface area contributed by atoms with Crippen LogP contribution in [0.5, 0.6) is 0 Å². The maximum atomic E-state index is 11.4. The lowest BCUT2D eigenvalue weighted by molar-refractivity contribution is 0.00567. The van der Waals surface area contributed by atoms with Gasteiger partial charge in [-0.25, -0.2) is 4.79 Å². The minimum Gasteiger partial charge on any atom is -0.385 e. The van der Waals surface area contributed by atoms with Crippen molar-refractivity contribution in [2.24, 2.45) is 10.7 Å². The van der Waals surface area contributed by atoms with E-state index in [1.54, 1.807) is 12.0 Å². The fraction of sp³-hybridized carbons (Fsp3) is 0.800. The highest BCUT2D eigenvalue weighted by Gasteiger charge is 2.36. The first kappa shape index (κ1) is 12.0. The maximum absolute atomic E-state index is 11.4. The van der Waals surface area contributed by atoms with E-state index in [-0.39, 0.29) is 17.7 Å². The Morgan fingerprint density at radius 1 is 1.60 bits per heavy atom. The summed E-state index contributed by atoms with van der Waals surface area (Å²) in [6, 6.07) is -0.371. The summed E-state index contributed by atoms with van der Waals surface area (Å²) in [6.07, 6.45) is 0.665. The molecule has 0 spiro atoms. The number of amidine groups is 1. The Morgan fingerprint density at radius 3 is 2.67 bits per heavy atom. The van der Waals surface area contributed by atoms with Crippen LogP contribution in [0.25, 0.3) is 0 Å². The normalized spacial score (nSPS) is 22.1. The number of nitrogens with zero attached hydrogens (tertiary/aromatic N) is 2. The topological polar surface area (TPSA) is 67.9 Å². The second kappa shape index (κ2) is 4.18. The molecular weight excluding hydrogens is 194 g/mol. The zero-order valence-corrected chi connectivity index (χ0v) is 9.78. The zero-order chi connectivity index (χ0) is 11.6. The number of ether oxygens (including phenoxy) is 1. The predicted molar refractivity (Wildman–Crippen MR) is 58.9 cm³/mol. The van der Waals surface area contributed by atoms with Gasteiger partial charge in [0.15, 0.2) is 0 Å². The largest absolute Gasteiger partial charge is 0.385 e. The molecule has 5 nitrogen and oxygen atoms in total. The van der Waals surface area contributed by atoms with Crippen LogP contribution in [0, 0.1) is 0 Å². The van der Waals surface area contributed by atoms with Crippen molar-refractivity contribution in [1.29, 1.82) is 0 Å². The highest BCUT2D eigenvalue weighted by molar-refractivity contribution is 6.02. The van der Waals surface area contributed by atoms with Gasteiger partial charge < -0.3 is 15.4 Å². The summed E-state index contributed by atoms with van der Waals surface area (Å²) >= 11 is 0. The quantitative estimate of drug-likeness (QED) is 0.757. The highest BCUT2D eigenvalue weighted by Crippen LogP contribution is 2.22. The Kier molecular flexibility index (Phi) is 3.34. The summed E-state index contributed by atoms with van der Waals surface area (Å²) < 4.78 is 5.33. The molecule has 1 unspecified atom stereocenters. The molecule has 0 aromatic heterocycles. The molecule has 15 heavy (non-hydrogen) atoms. The van der Waals surface area contributed by atoms with Crippen molar-refractivity contribution in [3.05, 3.63) is 0 Å². The van der Waals surface area contributed by atoms with Crippen LogP contribution in [0.4, 0.5) is 4.79 Å². The molecule has 2 N–H and O–H groups in total. The molecule has 0 aromatic carbocycles. The molecule has 0 aliphatic carbocycles. The molecule has 1 atom stereocenters. The molecule has 5 heteroatoms. The van der Waals surface area contributed by atoms with Crippen LogP contribution in [0.15, 0.2) is 4.99 Å². The van der Waals surface area contributed by atoms with Crippen molar-refractivity contribution < 1.29 is 9.53 Å². The number of likely N-dealkylation sites (N-methyl/N-ethyl adjacent to an activating group) is 1. The fourth-order valence-corrected chi connectivity index (χ4v) is 1.66. The van der Waals surface area contributed by atoms with E-state index < -0.39 is 0 Å². The third-order valence-electron chi connectivity index (χ3n) is 2.77. The van der Waals surface area contributed by atoms with Crippen molar-refractivity contribution in [2.45, 2.75) is 38.8 Å². The molecule has 0 aromatic rings. The van der Waals surface area contributed by atoms with Crippen LogP contribution < -0.4 is 5.73 Å². The first-order valence-corrected chi connectivity index (χ1v) is 5.11. The molecule has 0 fully saturated rings. The maximum Gasteiger partial charge on any atom is 0.345 e. The summed E-state index contributed by atoms with van der Waals surface area (Å²) in [6.45, 7) is 6.47. The number of urea groups is 1. The molecule has 0 saturated carbocycles. The lowest BCUT2D eigenvalue weighted by Gasteiger charge is -2.30. The number of rotatable bonds is 4.